The maximum absolute atomic E-state index is 10.2. The average Bonchev–Trinajstić information content (AvgIpc) is 2.31. The van der Waals surface area contributed by atoms with E-state index in [-0.39, 0.29) is 11.8 Å². The number of nitrogens with one attached hydrogen (secondary N) is 1. The first-order valence-electron chi connectivity index (χ1n) is 6.12. The molecule has 2 unspecified atom stereocenters. The zero-order valence-corrected chi connectivity index (χ0v) is 9.47. The van der Waals surface area contributed by atoms with Gasteiger partial charge >= 0.3 is 0 Å². The van der Waals surface area contributed by atoms with Crippen LogP contribution in [-0.2, 0) is 0 Å². The number of hydrogen-bond acceptors (Lipinski definition) is 4. The molecule has 1 heterocycles. The third-order valence-corrected chi connectivity index (χ3v) is 3.82. The Kier molecular flexibility index (Phi) is 3.64. The monoisotopic (exact) mass is 227 g/mol. The molecule has 92 valence electrons. The topological polar surface area (TPSA) is 72.7 Å². The van der Waals surface area contributed by atoms with Gasteiger partial charge in [0.05, 0.1) is 6.10 Å². The zero-order chi connectivity index (χ0) is 11.6. The van der Waals surface area contributed by atoms with Crippen molar-refractivity contribution in [3.63, 3.8) is 0 Å². The molecule has 0 spiro atoms. The van der Waals surface area contributed by atoms with Gasteiger partial charge in [0.15, 0.2) is 5.79 Å². The van der Waals surface area contributed by atoms with E-state index in [0.29, 0.717) is 12.8 Å². The lowest BCUT2D eigenvalue weighted by Gasteiger charge is -2.40. The summed E-state index contributed by atoms with van der Waals surface area (Å²) >= 11 is 0. The van der Waals surface area contributed by atoms with Crippen LogP contribution in [0, 0.1) is 11.8 Å². The highest BCUT2D eigenvalue weighted by atomic mass is 16.5. The van der Waals surface area contributed by atoms with Crippen molar-refractivity contribution in [3.8, 4) is 0 Å². The van der Waals surface area contributed by atoms with Gasteiger partial charge in [-0.1, -0.05) is 12.2 Å². The van der Waals surface area contributed by atoms with Crippen molar-refractivity contribution >= 4 is 0 Å². The van der Waals surface area contributed by atoms with Crippen LogP contribution in [0.4, 0.5) is 0 Å². The Hall–Kier alpha value is -0.420. The lowest BCUT2D eigenvalue weighted by atomic mass is 9.77. The first-order valence-corrected chi connectivity index (χ1v) is 6.12. The second kappa shape index (κ2) is 4.84. The summed E-state index contributed by atoms with van der Waals surface area (Å²) in [6.07, 6.45) is 5.90. The Bertz CT molecular complexity index is 259. The summed E-state index contributed by atoms with van der Waals surface area (Å²) in [5.74, 6) is -1.91. The molecule has 4 heteroatoms. The Morgan fingerprint density at radius 3 is 2.25 bits per heavy atom. The molecule has 1 aliphatic heterocycles. The van der Waals surface area contributed by atoms with Gasteiger partial charge in [-0.3, -0.25) is 0 Å². The van der Waals surface area contributed by atoms with E-state index < -0.39 is 11.9 Å². The molecular weight excluding hydrogens is 206 g/mol. The third-order valence-electron chi connectivity index (χ3n) is 3.82. The number of piperidine rings is 1. The first-order chi connectivity index (χ1) is 7.60. The standard InChI is InChI=1S/C12H21NO3/c14-11-3-1-9(2-4-11)12(15,16)10-5-7-13-8-6-10/h1,3,9-11,13-16H,2,4-8H2. The Labute approximate surface area is 96.0 Å². The summed E-state index contributed by atoms with van der Waals surface area (Å²) in [6, 6.07) is 0. The summed E-state index contributed by atoms with van der Waals surface area (Å²) in [7, 11) is 0. The molecule has 0 amide bonds. The predicted octanol–water partition coefficient (Wildman–Crippen LogP) is -0.00600. The highest BCUT2D eigenvalue weighted by Crippen LogP contribution is 2.35. The van der Waals surface area contributed by atoms with Gasteiger partial charge in [-0.15, -0.1) is 0 Å². The molecule has 2 atom stereocenters. The third kappa shape index (κ3) is 2.46. The van der Waals surface area contributed by atoms with Gasteiger partial charge in [0.1, 0.15) is 0 Å². The fourth-order valence-electron chi connectivity index (χ4n) is 2.71. The van der Waals surface area contributed by atoms with E-state index in [9.17, 15) is 15.3 Å². The molecule has 0 aromatic carbocycles. The minimum atomic E-state index is -1.61. The van der Waals surface area contributed by atoms with Gasteiger partial charge < -0.3 is 20.6 Å². The molecule has 4 nitrogen and oxygen atoms in total. The average molecular weight is 227 g/mol. The van der Waals surface area contributed by atoms with Crippen LogP contribution in [0.2, 0.25) is 0 Å². The largest absolute Gasteiger partial charge is 0.389 e. The molecule has 1 saturated heterocycles. The van der Waals surface area contributed by atoms with E-state index >= 15 is 0 Å². The fourth-order valence-corrected chi connectivity index (χ4v) is 2.71. The Balaban J connectivity index is 2.02. The fraction of sp³-hybridized carbons (Fsp3) is 0.833. The van der Waals surface area contributed by atoms with Crippen LogP contribution in [0.3, 0.4) is 0 Å². The summed E-state index contributed by atoms with van der Waals surface area (Å²) in [5.41, 5.74) is 0. The van der Waals surface area contributed by atoms with Crippen LogP contribution in [0.25, 0.3) is 0 Å². The molecule has 0 radical (unpaired) electrons. The van der Waals surface area contributed by atoms with Crippen molar-refractivity contribution in [3.05, 3.63) is 12.2 Å². The normalized spacial score (nSPS) is 32.9. The lowest BCUT2D eigenvalue weighted by molar-refractivity contribution is -0.233. The molecule has 1 aliphatic carbocycles. The highest BCUT2D eigenvalue weighted by Gasteiger charge is 2.41. The first kappa shape index (κ1) is 12.0. The molecule has 2 rings (SSSR count). The van der Waals surface area contributed by atoms with Gasteiger partial charge in [-0.05, 0) is 38.8 Å². The highest BCUT2D eigenvalue weighted by molar-refractivity contribution is 5.04. The van der Waals surface area contributed by atoms with E-state index in [1.54, 1.807) is 12.2 Å². The van der Waals surface area contributed by atoms with Crippen LogP contribution < -0.4 is 5.32 Å². The van der Waals surface area contributed by atoms with Gasteiger partial charge in [0.2, 0.25) is 0 Å². The molecule has 1 fully saturated rings. The second-order valence-electron chi connectivity index (χ2n) is 4.94. The SMILES string of the molecule is OC1C=CC(C(O)(O)C2CCNCC2)CC1. The van der Waals surface area contributed by atoms with Crippen molar-refractivity contribution in [1.82, 2.24) is 5.32 Å². The molecule has 2 aliphatic rings. The Morgan fingerprint density at radius 1 is 1.00 bits per heavy atom. The second-order valence-corrected chi connectivity index (χ2v) is 4.94. The van der Waals surface area contributed by atoms with Crippen LogP contribution in [0.1, 0.15) is 25.7 Å². The molecule has 4 N–H and O–H groups in total. The van der Waals surface area contributed by atoms with E-state index in [0.717, 1.165) is 25.9 Å². The molecule has 0 bridgehead atoms. The van der Waals surface area contributed by atoms with Gasteiger partial charge in [-0.25, -0.2) is 0 Å². The van der Waals surface area contributed by atoms with Crippen molar-refractivity contribution in [2.45, 2.75) is 37.6 Å². The van der Waals surface area contributed by atoms with Gasteiger partial charge in [-0.2, -0.15) is 0 Å². The summed E-state index contributed by atoms with van der Waals surface area (Å²) < 4.78 is 0. The van der Waals surface area contributed by atoms with Gasteiger partial charge in [0, 0.05) is 11.8 Å². The van der Waals surface area contributed by atoms with E-state index in [1.165, 1.54) is 0 Å². The van der Waals surface area contributed by atoms with Crippen molar-refractivity contribution < 1.29 is 15.3 Å². The number of aliphatic hydroxyl groups is 3. The molecule has 0 aromatic heterocycles. The predicted molar refractivity (Wildman–Crippen MR) is 60.6 cm³/mol. The van der Waals surface area contributed by atoms with E-state index in [2.05, 4.69) is 5.32 Å². The van der Waals surface area contributed by atoms with E-state index in [1.807, 2.05) is 0 Å². The van der Waals surface area contributed by atoms with Crippen molar-refractivity contribution in [2.75, 3.05) is 13.1 Å². The smallest absolute Gasteiger partial charge is 0.171 e. The summed E-state index contributed by atoms with van der Waals surface area (Å²) in [5, 5.41) is 33.0. The molecular formula is C12H21NO3. The van der Waals surface area contributed by atoms with E-state index in [4.69, 9.17) is 0 Å². The van der Waals surface area contributed by atoms with Crippen molar-refractivity contribution in [1.29, 1.82) is 0 Å². The molecule has 0 aromatic rings. The number of rotatable bonds is 2. The van der Waals surface area contributed by atoms with Crippen molar-refractivity contribution in [2.24, 2.45) is 11.8 Å². The number of aliphatic hydroxyl groups excluding tert-OH is 1. The lowest BCUT2D eigenvalue weighted by Crippen LogP contribution is -2.49. The van der Waals surface area contributed by atoms with Crippen LogP contribution in [-0.4, -0.2) is 40.3 Å². The quantitative estimate of drug-likeness (QED) is 0.395. The van der Waals surface area contributed by atoms with Gasteiger partial charge in [0.25, 0.3) is 0 Å². The number of hydrogen-bond donors (Lipinski definition) is 4. The Morgan fingerprint density at radius 2 is 1.69 bits per heavy atom. The maximum Gasteiger partial charge on any atom is 0.171 e. The summed E-state index contributed by atoms with van der Waals surface area (Å²) in [4.78, 5) is 0. The van der Waals surface area contributed by atoms with Crippen LogP contribution in [0.5, 0.6) is 0 Å². The van der Waals surface area contributed by atoms with Crippen LogP contribution >= 0.6 is 0 Å². The zero-order valence-electron chi connectivity index (χ0n) is 9.47. The minimum absolute atomic E-state index is 0.0568. The molecule has 16 heavy (non-hydrogen) atoms. The minimum Gasteiger partial charge on any atom is -0.389 e. The summed E-state index contributed by atoms with van der Waals surface area (Å²) in [6.45, 7) is 1.71. The van der Waals surface area contributed by atoms with Crippen LogP contribution in [0.15, 0.2) is 12.2 Å². The molecule has 0 saturated carbocycles. The maximum atomic E-state index is 10.2.